The molecule has 1 aliphatic heterocycles. The second kappa shape index (κ2) is 9.47. The molecule has 28 heavy (non-hydrogen) atoms. The van der Waals surface area contributed by atoms with Gasteiger partial charge in [0, 0.05) is 36.6 Å². The Bertz CT molecular complexity index is 860. The molecule has 0 spiro atoms. The average molecular weight is 376 g/mol. The van der Waals surface area contributed by atoms with E-state index in [0.29, 0.717) is 23.7 Å². The third-order valence-electron chi connectivity index (χ3n) is 4.68. The highest BCUT2D eigenvalue weighted by Crippen LogP contribution is 2.22. The van der Waals surface area contributed by atoms with Crippen molar-refractivity contribution < 1.29 is 9.59 Å². The smallest absolute Gasteiger partial charge is 0.315 e. The van der Waals surface area contributed by atoms with Gasteiger partial charge in [0.1, 0.15) is 0 Å². The van der Waals surface area contributed by atoms with Crippen LogP contribution < -0.4 is 20.9 Å². The number of anilines is 2. The van der Waals surface area contributed by atoms with E-state index in [1.165, 1.54) is 5.69 Å². The highest BCUT2D eigenvalue weighted by Gasteiger charge is 2.22. The molecule has 1 atom stereocenters. The Morgan fingerprint density at radius 3 is 2.71 bits per heavy atom. The first kappa shape index (κ1) is 19.3. The Kier molecular flexibility index (Phi) is 6.53. The molecule has 3 amide bonds. The number of urea groups is 1. The normalized spacial score (nSPS) is 15.5. The zero-order valence-electron chi connectivity index (χ0n) is 15.7. The lowest BCUT2D eigenvalue weighted by Crippen LogP contribution is -2.42. The van der Waals surface area contributed by atoms with Crippen molar-refractivity contribution in [2.75, 3.05) is 36.4 Å². The monoisotopic (exact) mass is 376 g/mol. The molecule has 6 heteroatoms. The third kappa shape index (κ3) is 5.52. The fourth-order valence-corrected chi connectivity index (χ4v) is 3.22. The van der Waals surface area contributed by atoms with Crippen LogP contribution in [-0.4, -0.2) is 38.1 Å². The maximum atomic E-state index is 12.0. The SMILES string of the molecule is C#Cc1cccc(NC(=O)CNC(=O)NCC2CCN(c3ccccc3)C2)c1. The second-order valence-electron chi connectivity index (χ2n) is 6.77. The van der Waals surface area contributed by atoms with E-state index >= 15 is 0 Å². The lowest BCUT2D eigenvalue weighted by molar-refractivity contribution is -0.115. The van der Waals surface area contributed by atoms with Crippen LogP contribution in [0.4, 0.5) is 16.2 Å². The van der Waals surface area contributed by atoms with E-state index in [-0.39, 0.29) is 18.5 Å². The first-order valence-corrected chi connectivity index (χ1v) is 9.32. The summed E-state index contributed by atoms with van der Waals surface area (Å²) in [7, 11) is 0. The summed E-state index contributed by atoms with van der Waals surface area (Å²) in [4.78, 5) is 26.3. The van der Waals surface area contributed by atoms with Crippen LogP contribution in [0.3, 0.4) is 0 Å². The molecule has 3 N–H and O–H groups in total. The molecule has 1 fully saturated rings. The van der Waals surface area contributed by atoms with Crippen LogP contribution in [0, 0.1) is 18.3 Å². The highest BCUT2D eigenvalue weighted by atomic mass is 16.2. The van der Waals surface area contributed by atoms with Crippen molar-refractivity contribution in [2.45, 2.75) is 6.42 Å². The van der Waals surface area contributed by atoms with Crippen molar-refractivity contribution in [2.24, 2.45) is 5.92 Å². The van der Waals surface area contributed by atoms with E-state index in [9.17, 15) is 9.59 Å². The average Bonchev–Trinajstić information content (AvgIpc) is 3.20. The summed E-state index contributed by atoms with van der Waals surface area (Å²) in [5, 5.41) is 8.14. The van der Waals surface area contributed by atoms with Gasteiger partial charge in [-0.05, 0) is 42.7 Å². The van der Waals surface area contributed by atoms with Crippen molar-refractivity contribution >= 4 is 23.3 Å². The van der Waals surface area contributed by atoms with Gasteiger partial charge in [-0.2, -0.15) is 0 Å². The lowest BCUT2D eigenvalue weighted by Gasteiger charge is -2.18. The van der Waals surface area contributed by atoms with Crippen LogP contribution in [0.5, 0.6) is 0 Å². The van der Waals surface area contributed by atoms with E-state index in [1.54, 1.807) is 24.3 Å². The minimum Gasteiger partial charge on any atom is -0.371 e. The number of nitrogens with one attached hydrogen (secondary N) is 3. The molecule has 144 valence electrons. The van der Waals surface area contributed by atoms with E-state index in [4.69, 9.17) is 6.42 Å². The van der Waals surface area contributed by atoms with Gasteiger partial charge >= 0.3 is 6.03 Å². The number of hydrogen-bond acceptors (Lipinski definition) is 3. The number of rotatable bonds is 6. The Labute approximate surface area is 165 Å². The molecule has 3 rings (SSSR count). The van der Waals surface area contributed by atoms with Crippen LogP contribution in [0.1, 0.15) is 12.0 Å². The fourth-order valence-electron chi connectivity index (χ4n) is 3.22. The maximum absolute atomic E-state index is 12.0. The zero-order chi connectivity index (χ0) is 19.8. The van der Waals surface area contributed by atoms with Gasteiger partial charge in [-0.1, -0.05) is 30.2 Å². The third-order valence-corrected chi connectivity index (χ3v) is 4.68. The second-order valence-corrected chi connectivity index (χ2v) is 6.77. The topological polar surface area (TPSA) is 73.5 Å². The molecule has 6 nitrogen and oxygen atoms in total. The molecule has 2 aromatic carbocycles. The van der Waals surface area contributed by atoms with Crippen LogP contribution in [0.2, 0.25) is 0 Å². The summed E-state index contributed by atoms with van der Waals surface area (Å²) in [6.45, 7) is 2.38. The van der Waals surface area contributed by atoms with E-state index in [2.05, 4.69) is 38.9 Å². The van der Waals surface area contributed by atoms with Gasteiger partial charge in [-0.25, -0.2) is 4.79 Å². The van der Waals surface area contributed by atoms with Crippen LogP contribution >= 0.6 is 0 Å². The molecule has 0 saturated carbocycles. The van der Waals surface area contributed by atoms with Crippen molar-refractivity contribution in [1.29, 1.82) is 0 Å². The summed E-state index contributed by atoms with van der Waals surface area (Å²) in [5.74, 6) is 2.60. The molecule has 0 aromatic heterocycles. The van der Waals surface area contributed by atoms with Crippen molar-refractivity contribution in [3.8, 4) is 12.3 Å². The summed E-state index contributed by atoms with van der Waals surface area (Å²) < 4.78 is 0. The van der Waals surface area contributed by atoms with Gasteiger partial charge in [0.25, 0.3) is 0 Å². The molecule has 1 aliphatic rings. The number of para-hydroxylation sites is 1. The quantitative estimate of drug-likeness (QED) is 0.678. The number of benzene rings is 2. The Morgan fingerprint density at radius 2 is 1.93 bits per heavy atom. The molecule has 0 bridgehead atoms. The predicted octanol–water partition coefficient (Wildman–Crippen LogP) is 2.43. The highest BCUT2D eigenvalue weighted by molar-refractivity contribution is 5.94. The van der Waals surface area contributed by atoms with Crippen LogP contribution in [-0.2, 0) is 4.79 Å². The molecule has 0 aliphatic carbocycles. The lowest BCUT2D eigenvalue weighted by atomic mass is 10.1. The fraction of sp³-hybridized carbons (Fsp3) is 0.273. The van der Waals surface area contributed by atoms with Gasteiger partial charge in [0.05, 0.1) is 6.54 Å². The van der Waals surface area contributed by atoms with Crippen molar-refractivity contribution in [1.82, 2.24) is 10.6 Å². The first-order valence-electron chi connectivity index (χ1n) is 9.32. The molecule has 1 saturated heterocycles. The van der Waals surface area contributed by atoms with Gasteiger partial charge < -0.3 is 20.9 Å². The largest absolute Gasteiger partial charge is 0.371 e. The number of carbonyl (C=O) groups is 2. The Balaban J connectivity index is 1.35. The number of hydrogen-bond donors (Lipinski definition) is 3. The minimum absolute atomic E-state index is 0.104. The summed E-state index contributed by atoms with van der Waals surface area (Å²) in [6.07, 6.45) is 6.37. The maximum Gasteiger partial charge on any atom is 0.315 e. The molecule has 1 heterocycles. The standard InChI is InChI=1S/C22H24N4O2/c1-2-17-7-6-8-19(13-17)25-21(27)15-24-22(28)23-14-18-11-12-26(16-18)20-9-4-3-5-10-20/h1,3-10,13,18H,11-12,14-16H2,(H,25,27)(H2,23,24,28). The van der Waals surface area contributed by atoms with E-state index < -0.39 is 0 Å². The number of amides is 3. The first-order chi connectivity index (χ1) is 13.6. The number of carbonyl (C=O) groups excluding carboxylic acids is 2. The summed E-state index contributed by atoms with van der Waals surface area (Å²) >= 11 is 0. The Hall–Kier alpha value is -3.46. The molecule has 0 radical (unpaired) electrons. The molecular formula is C22H24N4O2. The van der Waals surface area contributed by atoms with Crippen LogP contribution in [0.15, 0.2) is 54.6 Å². The zero-order valence-corrected chi connectivity index (χ0v) is 15.7. The summed E-state index contributed by atoms with van der Waals surface area (Å²) in [5.41, 5.74) is 2.50. The molecule has 2 aromatic rings. The van der Waals surface area contributed by atoms with Gasteiger partial charge in [0.15, 0.2) is 0 Å². The van der Waals surface area contributed by atoms with Gasteiger partial charge in [-0.3, -0.25) is 4.79 Å². The Morgan fingerprint density at radius 1 is 1.11 bits per heavy atom. The van der Waals surface area contributed by atoms with E-state index in [1.807, 2.05) is 18.2 Å². The number of terminal acetylenes is 1. The molecule has 1 unspecified atom stereocenters. The molecular weight excluding hydrogens is 352 g/mol. The van der Waals surface area contributed by atoms with Crippen LogP contribution in [0.25, 0.3) is 0 Å². The van der Waals surface area contributed by atoms with Gasteiger partial charge in [-0.15, -0.1) is 6.42 Å². The van der Waals surface area contributed by atoms with Gasteiger partial charge in [0.2, 0.25) is 5.91 Å². The van der Waals surface area contributed by atoms with E-state index in [0.717, 1.165) is 19.5 Å². The summed E-state index contributed by atoms with van der Waals surface area (Å²) in [6, 6.07) is 16.9. The predicted molar refractivity (Wildman–Crippen MR) is 111 cm³/mol. The van der Waals surface area contributed by atoms with Crippen molar-refractivity contribution in [3.05, 3.63) is 60.2 Å². The van der Waals surface area contributed by atoms with Crippen molar-refractivity contribution in [3.63, 3.8) is 0 Å². The number of nitrogens with zero attached hydrogens (tertiary/aromatic N) is 1. The minimum atomic E-state index is -0.342.